The summed E-state index contributed by atoms with van der Waals surface area (Å²) in [5.74, 6) is 0.0853. The van der Waals surface area contributed by atoms with E-state index in [1.165, 1.54) is 12.1 Å². The Morgan fingerprint density at radius 2 is 2.32 bits per heavy atom. The zero-order valence-electron chi connectivity index (χ0n) is 10.8. The van der Waals surface area contributed by atoms with Crippen LogP contribution in [0.2, 0.25) is 0 Å². The van der Waals surface area contributed by atoms with Gasteiger partial charge in [0.1, 0.15) is 18.2 Å². The first kappa shape index (κ1) is 13.8. The number of amides is 1. The van der Waals surface area contributed by atoms with Crippen LogP contribution in [-0.2, 0) is 11.3 Å². The molecular formula is C13H15ClFN3O. The molecule has 0 aliphatic heterocycles. The maximum Gasteiger partial charge on any atom is 0.239 e. The standard InChI is InChI=1S/C13H15ClFN3O/c1-3-16-12(19)7-18-11-5-4-9(15)6-10(11)17-13(18)8(2)14/h4-6,8H,3,7H2,1-2H3,(H,16,19). The smallest absolute Gasteiger partial charge is 0.239 e. The highest BCUT2D eigenvalue weighted by molar-refractivity contribution is 6.20. The molecule has 102 valence electrons. The Morgan fingerprint density at radius 3 is 2.95 bits per heavy atom. The first-order valence-corrected chi connectivity index (χ1v) is 6.53. The summed E-state index contributed by atoms with van der Waals surface area (Å²) < 4.78 is 14.9. The average molecular weight is 284 g/mol. The van der Waals surface area contributed by atoms with E-state index in [9.17, 15) is 9.18 Å². The van der Waals surface area contributed by atoms with Crippen molar-refractivity contribution in [1.29, 1.82) is 0 Å². The molecule has 19 heavy (non-hydrogen) atoms. The molecule has 1 unspecified atom stereocenters. The van der Waals surface area contributed by atoms with Gasteiger partial charge in [-0.05, 0) is 26.0 Å². The predicted octanol–water partition coefficient (Wildman–Crippen LogP) is 2.61. The van der Waals surface area contributed by atoms with Crippen molar-refractivity contribution in [1.82, 2.24) is 14.9 Å². The molecule has 1 heterocycles. The lowest BCUT2D eigenvalue weighted by Gasteiger charge is -2.10. The molecule has 1 aromatic carbocycles. The molecule has 2 aromatic rings. The Kier molecular flexibility index (Phi) is 4.04. The first-order valence-electron chi connectivity index (χ1n) is 6.09. The summed E-state index contributed by atoms with van der Waals surface area (Å²) in [4.78, 5) is 16.0. The van der Waals surface area contributed by atoms with E-state index in [1.807, 2.05) is 6.92 Å². The average Bonchev–Trinajstić information content (AvgIpc) is 2.67. The fraction of sp³-hybridized carbons (Fsp3) is 0.385. The Balaban J connectivity index is 2.49. The van der Waals surface area contributed by atoms with Gasteiger partial charge >= 0.3 is 0 Å². The monoisotopic (exact) mass is 283 g/mol. The van der Waals surface area contributed by atoms with Gasteiger partial charge in [0.2, 0.25) is 5.91 Å². The maximum atomic E-state index is 13.2. The number of hydrogen-bond donors (Lipinski definition) is 1. The van der Waals surface area contributed by atoms with Gasteiger partial charge in [0.25, 0.3) is 0 Å². The van der Waals surface area contributed by atoms with Gasteiger partial charge in [-0.15, -0.1) is 11.6 Å². The molecule has 2 rings (SSSR count). The molecule has 0 aliphatic rings. The van der Waals surface area contributed by atoms with Gasteiger partial charge < -0.3 is 9.88 Å². The molecule has 6 heteroatoms. The van der Waals surface area contributed by atoms with Crippen molar-refractivity contribution in [3.63, 3.8) is 0 Å². The second-order valence-corrected chi connectivity index (χ2v) is 4.91. The van der Waals surface area contributed by atoms with Gasteiger partial charge in [0.15, 0.2) is 0 Å². The Hall–Kier alpha value is -1.62. The lowest BCUT2D eigenvalue weighted by Crippen LogP contribution is -2.27. The molecule has 0 bridgehead atoms. The van der Waals surface area contributed by atoms with Crippen LogP contribution in [0.25, 0.3) is 11.0 Å². The summed E-state index contributed by atoms with van der Waals surface area (Å²) in [5, 5.41) is 2.36. The molecule has 1 amide bonds. The Morgan fingerprint density at radius 1 is 1.58 bits per heavy atom. The molecular weight excluding hydrogens is 269 g/mol. The molecule has 0 aliphatic carbocycles. The second kappa shape index (κ2) is 5.57. The minimum absolute atomic E-state index is 0.121. The van der Waals surface area contributed by atoms with Gasteiger partial charge in [-0.25, -0.2) is 9.37 Å². The SMILES string of the molecule is CCNC(=O)Cn1c(C(C)Cl)nc2cc(F)ccc21. The van der Waals surface area contributed by atoms with Crippen LogP contribution in [0.3, 0.4) is 0 Å². The molecule has 4 nitrogen and oxygen atoms in total. The minimum Gasteiger partial charge on any atom is -0.355 e. The number of halogens is 2. The van der Waals surface area contributed by atoms with E-state index in [-0.39, 0.29) is 23.6 Å². The molecule has 1 aromatic heterocycles. The molecule has 0 saturated carbocycles. The van der Waals surface area contributed by atoms with Crippen molar-refractivity contribution in [2.75, 3.05) is 6.54 Å². The number of nitrogens with one attached hydrogen (secondary N) is 1. The fourth-order valence-corrected chi connectivity index (χ4v) is 2.15. The predicted molar refractivity (Wildman–Crippen MR) is 72.6 cm³/mol. The largest absolute Gasteiger partial charge is 0.355 e. The highest BCUT2D eigenvalue weighted by Crippen LogP contribution is 2.24. The van der Waals surface area contributed by atoms with E-state index >= 15 is 0 Å². The summed E-state index contributed by atoms with van der Waals surface area (Å²) in [6.45, 7) is 4.31. The van der Waals surface area contributed by atoms with Gasteiger partial charge in [0, 0.05) is 12.6 Å². The van der Waals surface area contributed by atoms with Gasteiger partial charge in [-0.1, -0.05) is 0 Å². The van der Waals surface area contributed by atoms with E-state index in [0.29, 0.717) is 23.4 Å². The van der Waals surface area contributed by atoms with Crippen LogP contribution in [0.15, 0.2) is 18.2 Å². The van der Waals surface area contributed by atoms with E-state index < -0.39 is 0 Å². The number of rotatable bonds is 4. The number of carbonyl (C=O) groups excluding carboxylic acids is 1. The highest BCUT2D eigenvalue weighted by atomic mass is 35.5. The summed E-state index contributed by atoms with van der Waals surface area (Å²) in [7, 11) is 0. The Labute approximate surface area is 115 Å². The molecule has 1 atom stereocenters. The van der Waals surface area contributed by atoms with Crippen LogP contribution in [0.5, 0.6) is 0 Å². The number of likely N-dealkylation sites (N-methyl/N-ethyl adjacent to an activating group) is 1. The van der Waals surface area contributed by atoms with Crippen molar-refractivity contribution in [2.24, 2.45) is 0 Å². The van der Waals surface area contributed by atoms with Crippen LogP contribution < -0.4 is 5.32 Å². The van der Waals surface area contributed by atoms with E-state index in [4.69, 9.17) is 11.6 Å². The van der Waals surface area contributed by atoms with Crippen molar-refractivity contribution >= 4 is 28.5 Å². The number of benzene rings is 1. The second-order valence-electron chi connectivity index (χ2n) is 4.26. The number of fused-ring (bicyclic) bond motifs is 1. The highest BCUT2D eigenvalue weighted by Gasteiger charge is 2.17. The summed E-state index contributed by atoms with van der Waals surface area (Å²) >= 11 is 6.07. The summed E-state index contributed by atoms with van der Waals surface area (Å²) in [6.07, 6.45) is 0. The van der Waals surface area contributed by atoms with Gasteiger partial charge in [-0.3, -0.25) is 4.79 Å². The van der Waals surface area contributed by atoms with Crippen LogP contribution in [0, 0.1) is 5.82 Å². The lowest BCUT2D eigenvalue weighted by molar-refractivity contribution is -0.121. The third-order valence-corrected chi connectivity index (χ3v) is 2.97. The maximum absolute atomic E-state index is 13.2. The quantitative estimate of drug-likeness (QED) is 0.877. The number of imidazole rings is 1. The number of carbonyl (C=O) groups is 1. The summed E-state index contributed by atoms with van der Waals surface area (Å²) in [5.41, 5.74) is 1.21. The van der Waals surface area contributed by atoms with Crippen LogP contribution >= 0.6 is 11.6 Å². The first-order chi connectivity index (χ1) is 9.02. The van der Waals surface area contributed by atoms with E-state index in [0.717, 1.165) is 0 Å². The zero-order chi connectivity index (χ0) is 14.0. The Bertz CT molecular complexity index is 609. The number of hydrogen-bond acceptors (Lipinski definition) is 2. The van der Waals surface area contributed by atoms with Crippen LogP contribution in [0.4, 0.5) is 4.39 Å². The van der Waals surface area contributed by atoms with Crippen molar-refractivity contribution in [2.45, 2.75) is 25.8 Å². The topological polar surface area (TPSA) is 46.9 Å². The number of alkyl halides is 1. The molecule has 0 fully saturated rings. The van der Waals surface area contributed by atoms with E-state index in [2.05, 4.69) is 10.3 Å². The minimum atomic E-state index is -0.357. The van der Waals surface area contributed by atoms with Crippen molar-refractivity contribution in [3.05, 3.63) is 29.8 Å². The lowest BCUT2D eigenvalue weighted by atomic mass is 10.3. The summed E-state index contributed by atoms with van der Waals surface area (Å²) in [6, 6.07) is 4.30. The molecule has 1 N–H and O–H groups in total. The molecule has 0 spiro atoms. The third kappa shape index (κ3) is 2.87. The van der Waals surface area contributed by atoms with Gasteiger partial charge in [-0.2, -0.15) is 0 Å². The molecule has 0 saturated heterocycles. The normalized spacial score (nSPS) is 12.6. The van der Waals surface area contributed by atoms with Crippen LogP contribution in [0.1, 0.15) is 25.0 Å². The van der Waals surface area contributed by atoms with Crippen molar-refractivity contribution < 1.29 is 9.18 Å². The van der Waals surface area contributed by atoms with E-state index in [1.54, 1.807) is 17.6 Å². The van der Waals surface area contributed by atoms with Crippen molar-refractivity contribution in [3.8, 4) is 0 Å². The fourth-order valence-electron chi connectivity index (χ4n) is 1.99. The van der Waals surface area contributed by atoms with Crippen LogP contribution in [-0.4, -0.2) is 22.0 Å². The zero-order valence-corrected chi connectivity index (χ0v) is 11.5. The van der Waals surface area contributed by atoms with Gasteiger partial charge in [0.05, 0.1) is 16.4 Å². The molecule has 0 radical (unpaired) electrons. The number of nitrogens with zero attached hydrogens (tertiary/aromatic N) is 2. The third-order valence-electron chi connectivity index (χ3n) is 2.77. The number of aromatic nitrogens is 2.